The lowest BCUT2D eigenvalue weighted by atomic mass is 10.00. The molecule has 1 heterocycles. The Bertz CT molecular complexity index is 300. The van der Waals surface area contributed by atoms with E-state index in [1.54, 1.807) is 0 Å². The van der Waals surface area contributed by atoms with Gasteiger partial charge in [0.2, 0.25) is 0 Å². The van der Waals surface area contributed by atoms with Gasteiger partial charge in [-0.3, -0.25) is 4.98 Å². The van der Waals surface area contributed by atoms with Crippen LogP contribution in [0.3, 0.4) is 0 Å². The average molecular weight is 235 g/mol. The van der Waals surface area contributed by atoms with Crippen molar-refractivity contribution in [3.63, 3.8) is 0 Å². The van der Waals surface area contributed by atoms with Gasteiger partial charge in [-0.2, -0.15) is 0 Å². The molecule has 0 aromatic carbocycles. The molecule has 0 radical (unpaired) electrons. The number of hydrogen-bond donors (Lipinski definition) is 1. The van der Waals surface area contributed by atoms with Crippen molar-refractivity contribution >= 4 is 0 Å². The lowest BCUT2D eigenvalue weighted by Crippen LogP contribution is -2.40. The SMILES string of the molecule is CC[C@H](C)[C@@H](N)CN(C)CCc1ccncc1. The van der Waals surface area contributed by atoms with E-state index in [0.29, 0.717) is 5.92 Å². The number of nitrogens with zero attached hydrogens (tertiary/aromatic N) is 2. The molecule has 2 N–H and O–H groups in total. The van der Waals surface area contributed by atoms with Gasteiger partial charge in [0.05, 0.1) is 0 Å². The van der Waals surface area contributed by atoms with Crippen LogP contribution in [-0.4, -0.2) is 36.1 Å². The molecule has 0 saturated carbocycles. The number of nitrogens with two attached hydrogens (primary N) is 1. The summed E-state index contributed by atoms with van der Waals surface area (Å²) in [6.45, 7) is 6.44. The van der Waals surface area contributed by atoms with Gasteiger partial charge in [-0.1, -0.05) is 20.3 Å². The van der Waals surface area contributed by atoms with E-state index in [2.05, 4.69) is 42.9 Å². The third-order valence-corrected chi connectivity index (χ3v) is 3.43. The van der Waals surface area contributed by atoms with E-state index in [1.165, 1.54) is 5.56 Å². The highest BCUT2D eigenvalue weighted by Crippen LogP contribution is 2.07. The van der Waals surface area contributed by atoms with Crippen LogP contribution in [-0.2, 0) is 6.42 Å². The fraction of sp³-hybridized carbons (Fsp3) is 0.643. The van der Waals surface area contributed by atoms with Crippen LogP contribution in [0.15, 0.2) is 24.5 Å². The maximum atomic E-state index is 6.15. The van der Waals surface area contributed by atoms with E-state index < -0.39 is 0 Å². The molecule has 96 valence electrons. The number of aromatic nitrogens is 1. The predicted molar refractivity (Wildman–Crippen MR) is 72.9 cm³/mol. The highest BCUT2D eigenvalue weighted by atomic mass is 15.1. The minimum atomic E-state index is 0.280. The van der Waals surface area contributed by atoms with Crippen LogP contribution < -0.4 is 5.73 Å². The van der Waals surface area contributed by atoms with Gasteiger partial charge in [0.15, 0.2) is 0 Å². The van der Waals surface area contributed by atoms with Gasteiger partial charge in [-0.25, -0.2) is 0 Å². The summed E-state index contributed by atoms with van der Waals surface area (Å²) in [5.74, 6) is 0.596. The Balaban J connectivity index is 2.28. The van der Waals surface area contributed by atoms with Crippen LogP contribution in [0, 0.1) is 5.92 Å². The predicted octanol–water partition coefficient (Wildman–Crippen LogP) is 1.93. The van der Waals surface area contributed by atoms with Crippen molar-refractivity contribution in [3.05, 3.63) is 30.1 Å². The van der Waals surface area contributed by atoms with Crippen molar-refractivity contribution < 1.29 is 0 Å². The maximum absolute atomic E-state index is 6.15. The van der Waals surface area contributed by atoms with Crippen molar-refractivity contribution in [2.45, 2.75) is 32.7 Å². The number of rotatable bonds is 7. The highest BCUT2D eigenvalue weighted by Gasteiger charge is 2.12. The molecule has 0 fully saturated rings. The average Bonchev–Trinajstić information content (AvgIpc) is 2.36. The molecule has 0 bridgehead atoms. The molecule has 1 rings (SSSR count). The molecule has 1 aromatic rings. The third kappa shape index (κ3) is 5.29. The fourth-order valence-corrected chi connectivity index (χ4v) is 1.80. The second kappa shape index (κ2) is 7.41. The molecule has 0 saturated heterocycles. The van der Waals surface area contributed by atoms with Crippen LogP contribution in [0.25, 0.3) is 0 Å². The molecular formula is C14H25N3. The summed E-state index contributed by atoms with van der Waals surface area (Å²) >= 11 is 0. The minimum absolute atomic E-state index is 0.280. The largest absolute Gasteiger partial charge is 0.326 e. The van der Waals surface area contributed by atoms with Crippen molar-refractivity contribution in [2.24, 2.45) is 11.7 Å². The topological polar surface area (TPSA) is 42.1 Å². The Morgan fingerprint density at radius 3 is 2.59 bits per heavy atom. The first kappa shape index (κ1) is 14.1. The lowest BCUT2D eigenvalue weighted by Gasteiger charge is -2.25. The number of hydrogen-bond acceptors (Lipinski definition) is 3. The van der Waals surface area contributed by atoms with Crippen LogP contribution in [0.5, 0.6) is 0 Å². The molecule has 0 unspecified atom stereocenters. The first-order valence-corrected chi connectivity index (χ1v) is 6.46. The fourth-order valence-electron chi connectivity index (χ4n) is 1.80. The molecule has 0 aliphatic heterocycles. The molecule has 2 atom stereocenters. The summed E-state index contributed by atoms with van der Waals surface area (Å²) in [5, 5.41) is 0. The zero-order chi connectivity index (χ0) is 12.7. The molecule has 0 aliphatic carbocycles. The summed E-state index contributed by atoms with van der Waals surface area (Å²) in [6.07, 6.45) is 5.91. The number of pyridine rings is 1. The van der Waals surface area contributed by atoms with Crippen molar-refractivity contribution in [1.82, 2.24) is 9.88 Å². The van der Waals surface area contributed by atoms with Gasteiger partial charge >= 0.3 is 0 Å². The summed E-state index contributed by atoms with van der Waals surface area (Å²) in [6, 6.07) is 4.42. The summed E-state index contributed by atoms with van der Waals surface area (Å²) in [7, 11) is 2.14. The smallest absolute Gasteiger partial charge is 0.0270 e. The summed E-state index contributed by atoms with van der Waals surface area (Å²) in [4.78, 5) is 6.34. The van der Waals surface area contributed by atoms with Gasteiger partial charge in [0.25, 0.3) is 0 Å². The van der Waals surface area contributed by atoms with Gasteiger partial charge in [0.1, 0.15) is 0 Å². The Morgan fingerprint density at radius 2 is 2.00 bits per heavy atom. The summed E-state index contributed by atoms with van der Waals surface area (Å²) in [5.41, 5.74) is 7.48. The van der Waals surface area contributed by atoms with E-state index in [9.17, 15) is 0 Å². The Morgan fingerprint density at radius 1 is 1.35 bits per heavy atom. The Kier molecular flexibility index (Phi) is 6.16. The molecule has 3 nitrogen and oxygen atoms in total. The minimum Gasteiger partial charge on any atom is -0.326 e. The van der Waals surface area contributed by atoms with Crippen LogP contribution in [0.4, 0.5) is 0 Å². The zero-order valence-electron chi connectivity index (χ0n) is 11.3. The highest BCUT2D eigenvalue weighted by molar-refractivity contribution is 5.09. The normalized spacial score (nSPS) is 14.9. The van der Waals surface area contributed by atoms with Gasteiger partial charge in [-0.05, 0) is 37.1 Å². The van der Waals surface area contributed by atoms with Crippen molar-refractivity contribution in [3.8, 4) is 0 Å². The molecule has 17 heavy (non-hydrogen) atoms. The third-order valence-electron chi connectivity index (χ3n) is 3.43. The Labute approximate surface area is 105 Å². The van der Waals surface area contributed by atoms with Crippen molar-refractivity contribution in [2.75, 3.05) is 20.1 Å². The van der Waals surface area contributed by atoms with Gasteiger partial charge in [-0.15, -0.1) is 0 Å². The van der Waals surface area contributed by atoms with Gasteiger partial charge < -0.3 is 10.6 Å². The van der Waals surface area contributed by atoms with Crippen LogP contribution >= 0.6 is 0 Å². The second-order valence-corrected chi connectivity index (χ2v) is 4.92. The zero-order valence-corrected chi connectivity index (χ0v) is 11.3. The van der Waals surface area contributed by atoms with Crippen LogP contribution in [0.2, 0.25) is 0 Å². The van der Waals surface area contributed by atoms with Crippen LogP contribution in [0.1, 0.15) is 25.8 Å². The molecule has 0 amide bonds. The van der Waals surface area contributed by atoms with E-state index in [-0.39, 0.29) is 6.04 Å². The molecule has 3 heteroatoms. The monoisotopic (exact) mass is 235 g/mol. The standard InChI is InChI=1S/C14H25N3/c1-4-12(2)14(15)11-17(3)10-7-13-5-8-16-9-6-13/h5-6,8-9,12,14H,4,7,10-11,15H2,1-3H3/t12-,14-/m0/s1. The second-order valence-electron chi connectivity index (χ2n) is 4.92. The van der Waals surface area contributed by atoms with E-state index >= 15 is 0 Å². The Hall–Kier alpha value is -0.930. The van der Waals surface area contributed by atoms with E-state index in [1.807, 2.05) is 12.4 Å². The van der Waals surface area contributed by atoms with E-state index in [0.717, 1.165) is 25.9 Å². The quantitative estimate of drug-likeness (QED) is 0.785. The molecular weight excluding hydrogens is 210 g/mol. The first-order valence-electron chi connectivity index (χ1n) is 6.46. The molecule has 0 aliphatic rings. The molecule has 0 spiro atoms. The first-order chi connectivity index (χ1) is 8.13. The maximum Gasteiger partial charge on any atom is 0.0270 e. The van der Waals surface area contributed by atoms with E-state index in [4.69, 9.17) is 5.73 Å². The number of likely N-dealkylation sites (N-methyl/N-ethyl adjacent to an activating group) is 1. The van der Waals surface area contributed by atoms with Crippen molar-refractivity contribution in [1.29, 1.82) is 0 Å². The van der Waals surface area contributed by atoms with Gasteiger partial charge in [0, 0.05) is 31.5 Å². The molecule has 1 aromatic heterocycles. The lowest BCUT2D eigenvalue weighted by molar-refractivity contribution is 0.276. The summed E-state index contributed by atoms with van der Waals surface area (Å²) < 4.78 is 0.